The molecule has 6 nitrogen and oxygen atoms in total. The summed E-state index contributed by atoms with van der Waals surface area (Å²) in [5.41, 5.74) is 0.467. The fourth-order valence-corrected chi connectivity index (χ4v) is 1.67. The Morgan fingerprint density at radius 3 is 2.48 bits per heavy atom. The molecule has 120 valence electrons. The Balaban J connectivity index is 2.63. The molecule has 0 aromatic carbocycles. The van der Waals surface area contributed by atoms with Gasteiger partial charge in [0.05, 0.1) is 18.6 Å². The largest absolute Gasteiger partial charge is 0.444 e. The molecule has 0 atom stereocenters. The number of rotatable bonds is 5. The summed E-state index contributed by atoms with van der Waals surface area (Å²) in [5.74, 6) is 0. The Morgan fingerprint density at radius 1 is 1.33 bits per heavy atom. The van der Waals surface area contributed by atoms with Gasteiger partial charge < -0.3 is 19.5 Å². The Hall–Kier alpha value is -1.56. The standard InChI is InChI=1S/C15H28N4O2/c1-14(2,3)21-13(20)17-9-12-8-16-11-19(12)10-15(4,5)18(6)7/h8,11H,9-10H2,1-7H3,(H,17,20). The Kier molecular flexibility index (Phi) is 5.39. The van der Waals surface area contributed by atoms with Crippen molar-refractivity contribution in [3.05, 3.63) is 18.2 Å². The SMILES string of the molecule is CN(C)C(C)(C)Cn1cncc1CNC(=O)OC(C)(C)C. The van der Waals surface area contributed by atoms with Gasteiger partial charge in [-0.15, -0.1) is 0 Å². The topological polar surface area (TPSA) is 59.4 Å². The molecule has 0 saturated heterocycles. The number of ether oxygens (including phenoxy) is 1. The molecule has 1 N–H and O–H groups in total. The van der Waals surface area contributed by atoms with Crippen LogP contribution in [0.1, 0.15) is 40.3 Å². The summed E-state index contributed by atoms with van der Waals surface area (Å²) >= 11 is 0. The van der Waals surface area contributed by atoms with E-state index in [1.165, 1.54) is 0 Å². The molecular formula is C15H28N4O2. The summed E-state index contributed by atoms with van der Waals surface area (Å²) in [6.45, 7) is 11.1. The van der Waals surface area contributed by atoms with Crippen molar-refractivity contribution in [1.29, 1.82) is 0 Å². The third-order valence-corrected chi connectivity index (χ3v) is 3.38. The van der Waals surface area contributed by atoms with Crippen LogP contribution in [0.2, 0.25) is 0 Å². The van der Waals surface area contributed by atoms with Crippen LogP contribution in [-0.2, 0) is 17.8 Å². The van der Waals surface area contributed by atoms with Crippen LogP contribution in [0, 0.1) is 0 Å². The first-order chi connectivity index (χ1) is 9.51. The fourth-order valence-electron chi connectivity index (χ4n) is 1.67. The zero-order valence-electron chi connectivity index (χ0n) is 14.2. The van der Waals surface area contributed by atoms with Gasteiger partial charge in [-0.1, -0.05) is 0 Å². The van der Waals surface area contributed by atoms with E-state index in [2.05, 4.69) is 47.7 Å². The Morgan fingerprint density at radius 2 is 1.95 bits per heavy atom. The summed E-state index contributed by atoms with van der Waals surface area (Å²) in [7, 11) is 4.10. The zero-order valence-corrected chi connectivity index (χ0v) is 14.2. The predicted octanol–water partition coefficient (Wildman–Crippen LogP) is 2.25. The summed E-state index contributed by atoms with van der Waals surface area (Å²) in [6, 6.07) is 0. The lowest BCUT2D eigenvalue weighted by Crippen LogP contribution is -2.42. The van der Waals surface area contributed by atoms with Crippen molar-refractivity contribution >= 4 is 6.09 Å². The van der Waals surface area contributed by atoms with E-state index < -0.39 is 11.7 Å². The minimum atomic E-state index is -0.489. The van der Waals surface area contributed by atoms with Crippen LogP contribution in [0.4, 0.5) is 4.79 Å². The monoisotopic (exact) mass is 296 g/mol. The third-order valence-electron chi connectivity index (χ3n) is 3.38. The number of hydrogen-bond donors (Lipinski definition) is 1. The number of aromatic nitrogens is 2. The number of amides is 1. The van der Waals surface area contributed by atoms with Crippen molar-refractivity contribution in [2.24, 2.45) is 0 Å². The molecule has 0 fully saturated rings. The molecule has 0 spiro atoms. The number of carbonyl (C=O) groups excluding carboxylic acids is 1. The van der Waals surface area contributed by atoms with E-state index in [9.17, 15) is 4.79 Å². The maximum Gasteiger partial charge on any atom is 0.407 e. The molecule has 1 amide bonds. The fraction of sp³-hybridized carbons (Fsp3) is 0.733. The van der Waals surface area contributed by atoms with Crippen LogP contribution in [0.25, 0.3) is 0 Å². The highest BCUT2D eigenvalue weighted by Gasteiger charge is 2.22. The molecule has 0 aliphatic heterocycles. The molecule has 0 aliphatic carbocycles. The lowest BCUT2D eigenvalue weighted by molar-refractivity contribution is 0.0522. The van der Waals surface area contributed by atoms with Gasteiger partial charge in [0, 0.05) is 18.3 Å². The first kappa shape index (κ1) is 17.5. The Bertz CT molecular complexity index is 472. The van der Waals surface area contributed by atoms with Gasteiger partial charge in [0.25, 0.3) is 0 Å². The Labute approximate surface area is 127 Å². The minimum Gasteiger partial charge on any atom is -0.444 e. The van der Waals surface area contributed by atoms with Gasteiger partial charge in [-0.25, -0.2) is 9.78 Å². The number of carbonyl (C=O) groups is 1. The molecule has 1 aromatic rings. The molecule has 21 heavy (non-hydrogen) atoms. The van der Waals surface area contributed by atoms with Crippen LogP contribution in [-0.4, -0.2) is 45.8 Å². The number of imidazole rings is 1. The molecule has 1 rings (SSSR count). The second-order valence-electron chi connectivity index (χ2n) is 7.08. The summed E-state index contributed by atoms with van der Waals surface area (Å²) in [5, 5.41) is 2.76. The van der Waals surface area contributed by atoms with Gasteiger partial charge in [-0.05, 0) is 48.7 Å². The molecule has 0 unspecified atom stereocenters. The molecule has 1 aromatic heterocycles. The van der Waals surface area contributed by atoms with Crippen molar-refractivity contribution in [2.45, 2.75) is 58.8 Å². The quantitative estimate of drug-likeness (QED) is 0.905. The summed E-state index contributed by atoms with van der Waals surface area (Å²) < 4.78 is 7.28. The number of alkyl carbamates (subject to hydrolysis) is 1. The number of likely N-dealkylation sites (N-methyl/N-ethyl adjacent to an activating group) is 1. The number of hydrogen-bond acceptors (Lipinski definition) is 4. The van der Waals surface area contributed by atoms with E-state index in [0.717, 1.165) is 12.2 Å². The summed E-state index contributed by atoms with van der Waals surface area (Å²) in [4.78, 5) is 18.0. The molecule has 0 bridgehead atoms. The average molecular weight is 296 g/mol. The predicted molar refractivity (Wildman–Crippen MR) is 83.1 cm³/mol. The van der Waals surface area contributed by atoms with Crippen molar-refractivity contribution < 1.29 is 9.53 Å². The van der Waals surface area contributed by atoms with Crippen LogP contribution in [0.5, 0.6) is 0 Å². The molecule has 0 radical (unpaired) electrons. The molecule has 0 aliphatic rings. The summed E-state index contributed by atoms with van der Waals surface area (Å²) in [6.07, 6.45) is 3.14. The normalized spacial score (nSPS) is 12.6. The van der Waals surface area contributed by atoms with E-state index in [1.54, 1.807) is 12.5 Å². The highest BCUT2D eigenvalue weighted by atomic mass is 16.6. The van der Waals surface area contributed by atoms with E-state index in [1.807, 2.05) is 20.8 Å². The molecule has 0 saturated carbocycles. The van der Waals surface area contributed by atoms with Gasteiger partial charge in [-0.2, -0.15) is 0 Å². The van der Waals surface area contributed by atoms with E-state index in [0.29, 0.717) is 6.54 Å². The van der Waals surface area contributed by atoms with Crippen molar-refractivity contribution in [2.75, 3.05) is 14.1 Å². The highest BCUT2D eigenvalue weighted by Crippen LogP contribution is 2.15. The van der Waals surface area contributed by atoms with E-state index >= 15 is 0 Å². The molecule has 6 heteroatoms. The van der Waals surface area contributed by atoms with E-state index in [-0.39, 0.29) is 5.54 Å². The first-order valence-corrected chi connectivity index (χ1v) is 7.14. The van der Waals surface area contributed by atoms with E-state index in [4.69, 9.17) is 4.74 Å². The van der Waals surface area contributed by atoms with Gasteiger partial charge in [0.2, 0.25) is 0 Å². The van der Waals surface area contributed by atoms with Gasteiger partial charge in [-0.3, -0.25) is 0 Å². The van der Waals surface area contributed by atoms with Gasteiger partial charge in [0.1, 0.15) is 5.60 Å². The molecular weight excluding hydrogens is 268 g/mol. The lowest BCUT2D eigenvalue weighted by Gasteiger charge is -2.33. The van der Waals surface area contributed by atoms with Crippen molar-refractivity contribution in [3.8, 4) is 0 Å². The second-order valence-corrected chi connectivity index (χ2v) is 7.08. The van der Waals surface area contributed by atoms with Crippen LogP contribution < -0.4 is 5.32 Å². The zero-order chi connectivity index (χ0) is 16.3. The van der Waals surface area contributed by atoms with Crippen LogP contribution in [0.15, 0.2) is 12.5 Å². The highest BCUT2D eigenvalue weighted by molar-refractivity contribution is 5.67. The van der Waals surface area contributed by atoms with Crippen molar-refractivity contribution in [1.82, 2.24) is 19.8 Å². The maximum atomic E-state index is 11.7. The average Bonchev–Trinajstić information content (AvgIpc) is 2.70. The number of nitrogens with zero attached hydrogens (tertiary/aromatic N) is 3. The van der Waals surface area contributed by atoms with Crippen molar-refractivity contribution in [3.63, 3.8) is 0 Å². The lowest BCUT2D eigenvalue weighted by atomic mass is 10.0. The van der Waals surface area contributed by atoms with Gasteiger partial charge in [0.15, 0.2) is 0 Å². The molecule has 1 heterocycles. The maximum absolute atomic E-state index is 11.7. The first-order valence-electron chi connectivity index (χ1n) is 7.14. The minimum absolute atomic E-state index is 0.00136. The third kappa shape index (κ3) is 5.75. The van der Waals surface area contributed by atoms with Gasteiger partial charge >= 0.3 is 6.09 Å². The van der Waals surface area contributed by atoms with Crippen LogP contribution >= 0.6 is 0 Å². The smallest absolute Gasteiger partial charge is 0.407 e. The van der Waals surface area contributed by atoms with Crippen LogP contribution in [0.3, 0.4) is 0 Å². The number of nitrogens with one attached hydrogen (secondary N) is 1. The second kappa shape index (κ2) is 6.47.